The molecule has 2 saturated carbocycles. The second kappa shape index (κ2) is 5.49. The van der Waals surface area contributed by atoms with Crippen LogP contribution in [0.1, 0.15) is 57.8 Å². The van der Waals surface area contributed by atoms with Crippen molar-refractivity contribution < 1.29 is 14.7 Å². The highest BCUT2D eigenvalue weighted by Gasteiger charge is 2.45. The summed E-state index contributed by atoms with van der Waals surface area (Å²) in [6.45, 7) is 0.363. The van der Waals surface area contributed by atoms with Crippen LogP contribution in [0.5, 0.6) is 0 Å². The lowest BCUT2D eigenvalue weighted by atomic mass is 9.70. The molecule has 108 valence electrons. The van der Waals surface area contributed by atoms with Gasteiger partial charge in [0.15, 0.2) is 0 Å². The number of carbonyl (C=O) groups is 2. The van der Waals surface area contributed by atoms with E-state index in [4.69, 9.17) is 10.8 Å². The van der Waals surface area contributed by atoms with E-state index in [2.05, 4.69) is 5.32 Å². The Morgan fingerprint density at radius 2 is 1.68 bits per heavy atom. The predicted molar refractivity (Wildman–Crippen MR) is 71.5 cm³/mol. The lowest BCUT2D eigenvalue weighted by molar-refractivity contribution is -0.142. The predicted octanol–water partition coefficient (Wildman–Crippen LogP) is 1.41. The molecule has 0 aromatic carbocycles. The number of hydrogen-bond donors (Lipinski definition) is 3. The summed E-state index contributed by atoms with van der Waals surface area (Å²) in [4.78, 5) is 23.5. The Morgan fingerprint density at radius 1 is 1.05 bits per heavy atom. The van der Waals surface area contributed by atoms with Crippen molar-refractivity contribution >= 4 is 11.9 Å². The van der Waals surface area contributed by atoms with Crippen LogP contribution >= 0.6 is 0 Å². The molecule has 1 amide bonds. The van der Waals surface area contributed by atoms with Gasteiger partial charge in [0.25, 0.3) is 0 Å². The highest BCUT2D eigenvalue weighted by atomic mass is 16.4. The summed E-state index contributed by atoms with van der Waals surface area (Å²) in [5, 5.41) is 12.0. The Balaban J connectivity index is 2.04. The molecular formula is C14H24N2O3. The lowest BCUT2D eigenvalue weighted by Gasteiger charge is -2.45. The Hall–Kier alpha value is -1.10. The van der Waals surface area contributed by atoms with E-state index in [1.807, 2.05) is 0 Å². The fourth-order valence-electron chi connectivity index (χ4n) is 3.36. The first-order valence-corrected chi connectivity index (χ1v) is 7.26. The van der Waals surface area contributed by atoms with Crippen LogP contribution < -0.4 is 11.1 Å². The van der Waals surface area contributed by atoms with Gasteiger partial charge in [-0.2, -0.15) is 0 Å². The molecule has 5 heteroatoms. The number of carboxylic acid groups (broad SMARTS) is 1. The first kappa shape index (κ1) is 14.3. The van der Waals surface area contributed by atoms with Crippen molar-refractivity contribution in [3.63, 3.8) is 0 Å². The Labute approximate surface area is 113 Å². The van der Waals surface area contributed by atoms with E-state index in [1.165, 1.54) is 0 Å². The van der Waals surface area contributed by atoms with Gasteiger partial charge in [-0.05, 0) is 32.1 Å². The number of carbonyl (C=O) groups excluding carboxylic acids is 1. The number of carboxylic acids is 1. The van der Waals surface area contributed by atoms with Gasteiger partial charge in [0.1, 0.15) is 0 Å². The van der Waals surface area contributed by atoms with Crippen molar-refractivity contribution in [2.24, 2.45) is 11.1 Å². The number of nitrogens with one attached hydrogen (secondary N) is 1. The van der Waals surface area contributed by atoms with Crippen LogP contribution in [0.2, 0.25) is 0 Å². The topological polar surface area (TPSA) is 92.4 Å². The molecule has 2 aliphatic carbocycles. The standard InChI is InChI=1S/C14H24N2O3/c15-10-13(5-2-1-3-6-13)12(19)16-14(7-4-8-14)9-11(17)18/h1-10,15H2,(H,16,19)(H,17,18). The van der Waals surface area contributed by atoms with Gasteiger partial charge in [-0.25, -0.2) is 0 Å². The number of amides is 1. The van der Waals surface area contributed by atoms with Crippen molar-refractivity contribution in [1.82, 2.24) is 5.32 Å². The van der Waals surface area contributed by atoms with Gasteiger partial charge >= 0.3 is 5.97 Å². The second-order valence-corrected chi connectivity index (χ2v) is 6.20. The molecule has 5 nitrogen and oxygen atoms in total. The minimum atomic E-state index is -0.842. The maximum Gasteiger partial charge on any atom is 0.305 e. The van der Waals surface area contributed by atoms with Gasteiger partial charge in [0.05, 0.1) is 17.4 Å². The van der Waals surface area contributed by atoms with E-state index in [1.54, 1.807) is 0 Å². The highest BCUT2D eigenvalue weighted by Crippen LogP contribution is 2.39. The van der Waals surface area contributed by atoms with E-state index in [-0.39, 0.29) is 12.3 Å². The van der Waals surface area contributed by atoms with E-state index < -0.39 is 16.9 Å². The maximum atomic E-state index is 12.6. The monoisotopic (exact) mass is 268 g/mol. The van der Waals surface area contributed by atoms with E-state index in [9.17, 15) is 9.59 Å². The fraction of sp³-hybridized carbons (Fsp3) is 0.857. The molecule has 0 aromatic rings. The van der Waals surface area contributed by atoms with Crippen molar-refractivity contribution in [2.75, 3.05) is 6.54 Å². The second-order valence-electron chi connectivity index (χ2n) is 6.20. The van der Waals surface area contributed by atoms with Crippen LogP contribution in [0.15, 0.2) is 0 Å². The van der Waals surface area contributed by atoms with Gasteiger partial charge in [-0.15, -0.1) is 0 Å². The van der Waals surface area contributed by atoms with Crippen LogP contribution in [-0.4, -0.2) is 29.1 Å². The summed E-state index contributed by atoms with van der Waals surface area (Å²) < 4.78 is 0. The van der Waals surface area contributed by atoms with Gasteiger partial charge in [0.2, 0.25) is 5.91 Å². The summed E-state index contributed by atoms with van der Waals surface area (Å²) in [7, 11) is 0. The minimum Gasteiger partial charge on any atom is -0.481 e. The molecule has 2 rings (SSSR count). The van der Waals surface area contributed by atoms with Gasteiger partial charge < -0.3 is 16.2 Å². The molecule has 0 saturated heterocycles. The first-order chi connectivity index (χ1) is 9.02. The van der Waals surface area contributed by atoms with E-state index in [0.717, 1.165) is 51.4 Å². The Kier molecular flexibility index (Phi) is 4.13. The van der Waals surface area contributed by atoms with Crippen LogP contribution in [0, 0.1) is 5.41 Å². The molecule has 0 aromatic heterocycles. The molecule has 0 radical (unpaired) electrons. The Bertz CT molecular complexity index is 358. The van der Waals surface area contributed by atoms with Crippen LogP contribution in [0.3, 0.4) is 0 Å². The molecule has 2 aliphatic rings. The number of nitrogens with two attached hydrogens (primary N) is 1. The smallest absolute Gasteiger partial charge is 0.305 e. The lowest BCUT2D eigenvalue weighted by Crippen LogP contribution is -2.59. The largest absolute Gasteiger partial charge is 0.481 e. The normalized spacial score (nSPS) is 24.3. The molecule has 0 aliphatic heterocycles. The van der Waals surface area contributed by atoms with Crippen molar-refractivity contribution in [1.29, 1.82) is 0 Å². The molecule has 0 atom stereocenters. The summed E-state index contributed by atoms with van der Waals surface area (Å²) in [5.41, 5.74) is 4.87. The maximum absolute atomic E-state index is 12.6. The summed E-state index contributed by atoms with van der Waals surface area (Å²) in [5.74, 6) is -0.860. The van der Waals surface area contributed by atoms with Crippen molar-refractivity contribution in [2.45, 2.75) is 63.3 Å². The van der Waals surface area contributed by atoms with Gasteiger partial charge in [-0.1, -0.05) is 19.3 Å². The van der Waals surface area contributed by atoms with Gasteiger partial charge in [0, 0.05) is 6.54 Å². The number of rotatable bonds is 5. The zero-order valence-corrected chi connectivity index (χ0v) is 11.4. The SMILES string of the molecule is NCC1(C(=O)NC2(CC(=O)O)CCC2)CCCCC1. The molecule has 2 fully saturated rings. The number of hydrogen-bond acceptors (Lipinski definition) is 3. The van der Waals surface area contributed by atoms with Crippen molar-refractivity contribution in [3.05, 3.63) is 0 Å². The summed E-state index contributed by atoms with van der Waals surface area (Å²) in [6.07, 6.45) is 7.46. The molecule has 0 bridgehead atoms. The summed E-state index contributed by atoms with van der Waals surface area (Å²) in [6, 6.07) is 0. The van der Waals surface area contributed by atoms with Crippen molar-refractivity contribution in [3.8, 4) is 0 Å². The molecule has 0 unspecified atom stereocenters. The summed E-state index contributed by atoms with van der Waals surface area (Å²) >= 11 is 0. The average Bonchev–Trinajstić information content (AvgIpc) is 2.36. The Morgan fingerprint density at radius 3 is 2.11 bits per heavy atom. The van der Waals surface area contributed by atoms with Crippen LogP contribution in [0.25, 0.3) is 0 Å². The average molecular weight is 268 g/mol. The van der Waals surface area contributed by atoms with E-state index >= 15 is 0 Å². The van der Waals surface area contributed by atoms with Crippen LogP contribution in [0.4, 0.5) is 0 Å². The third-order valence-electron chi connectivity index (χ3n) is 4.86. The zero-order valence-electron chi connectivity index (χ0n) is 11.4. The van der Waals surface area contributed by atoms with Crippen LogP contribution in [-0.2, 0) is 9.59 Å². The first-order valence-electron chi connectivity index (χ1n) is 7.26. The quantitative estimate of drug-likeness (QED) is 0.703. The van der Waals surface area contributed by atoms with E-state index in [0.29, 0.717) is 6.54 Å². The molecule has 19 heavy (non-hydrogen) atoms. The molecule has 4 N–H and O–H groups in total. The molecule has 0 heterocycles. The third-order valence-corrected chi connectivity index (χ3v) is 4.86. The third kappa shape index (κ3) is 2.91. The molecule has 0 spiro atoms. The fourth-order valence-corrected chi connectivity index (χ4v) is 3.36. The molecular weight excluding hydrogens is 244 g/mol. The number of aliphatic carboxylic acids is 1. The highest BCUT2D eigenvalue weighted by molar-refractivity contribution is 5.84. The zero-order chi connectivity index (χ0) is 13.9. The van der Waals surface area contributed by atoms with Gasteiger partial charge in [-0.3, -0.25) is 9.59 Å². The minimum absolute atomic E-state index is 0.0179.